The summed E-state index contributed by atoms with van der Waals surface area (Å²) in [6.45, 7) is 6.84. The van der Waals surface area contributed by atoms with E-state index in [2.05, 4.69) is 42.5 Å². The first-order chi connectivity index (χ1) is 28.4. The largest absolute Gasteiger partial charge is 0.462 e. The van der Waals surface area contributed by atoms with E-state index in [9.17, 15) is 38.4 Å². The van der Waals surface area contributed by atoms with Gasteiger partial charge in [-0.05, 0) is 49.2 Å². The molecule has 0 fully saturated rings. The van der Waals surface area contributed by atoms with Gasteiger partial charge in [-0.3, -0.25) is 28.8 Å². The number of rotatable bonds is 17. The fraction of sp³-hybridized carbons (Fsp3) is 0.300. The van der Waals surface area contributed by atoms with E-state index in [-0.39, 0.29) is 34.3 Å². The zero-order valence-electron chi connectivity index (χ0n) is 32.8. The van der Waals surface area contributed by atoms with Crippen LogP contribution in [0.2, 0.25) is 0 Å². The predicted octanol–water partition coefficient (Wildman–Crippen LogP) is 7.33. The number of halogens is 2. The third kappa shape index (κ3) is 12.3. The molecule has 4 unspecified atom stereocenters. The van der Waals surface area contributed by atoms with Gasteiger partial charge < -0.3 is 39.1 Å². The van der Waals surface area contributed by atoms with Crippen LogP contribution in [0.5, 0.6) is 0 Å². The molecule has 20 heteroatoms. The number of benzene rings is 2. The van der Waals surface area contributed by atoms with Gasteiger partial charge in [0.2, 0.25) is 12.2 Å². The van der Waals surface area contributed by atoms with Gasteiger partial charge in [0.05, 0.1) is 13.2 Å². The Morgan fingerprint density at radius 2 is 0.850 bits per heavy atom. The Morgan fingerprint density at radius 1 is 0.533 bits per heavy atom. The van der Waals surface area contributed by atoms with Gasteiger partial charge in [-0.15, -0.1) is 22.7 Å². The van der Waals surface area contributed by atoms with Crippen molar-refractivity contribution in [1.82, 2.24) is 0 Å². The highest BCUT2D eigenvalue weighted by Crippen LogP contribution is 2.39. The summed E-state index contributed by atoms with van der Waals surface area (Å²) in [5.41, 5.74) is 1.80. The molecular formula is C40H38Br2N2O14S2. The summed E-state index contributed by atoms with van der Waals surface area (Å²) < 4.78 is 33.8. The number of hydrogen-bond donors (Lipinski definition) is 2. The van der Waals surface area contributed by atoms with Gasteiger partial charge in [-0.25, -0.2) is 9.59 Å². The van der Waals surface area contributed by atoms with Crippen LogP contribution in [-0.2, 0) is 57.2 Å². The van der Waals surface area contributed by atoms with Crippen LogP contribution in [0.4, 0.5) is 10.0 Å². The third-order valence-electron chi connectivity index (χ3n) is 7.95. The second-order valence-corrected chi connectivity index (χ2v) is 15.9. The zero-order chi connectivity index (χ0) is 44.3. The van der Waals surface area contributed by atoms with Crippen molar-refractivity contribution in [3.05, 3.63) is 79.4 Å². The van der Waals surface area contributed by atoms with Crippen LogP contribution in [-0.4, -0.2) is 85.3 Å². The van der Waals surface area contributed by atoms with Crippen molar-refractivity contribution in [3.63, 3.8) is 0 Å². The van der Waals surface area contributed by atoms with E-state index in [1.807, 2.05) is 0 Å². The molecule has 0 saturated carbocycles. The van der Waals surface area contributed by atoms with E-state index < -0.39 is 72.0 Å². The highest BCUT2D eigenvalue weighted by Gasteiger charge is 2.49. The van der Waals surface area contributed by atoms with Crippen LogP contribution in [0.3, 0.4) is 0 Å². The molecule has 2 amide bonds. The molecule has 0 bridgehead atoms. The lowest BCUT2D eigenvalue weighted by Crippen LogP contribution is -2.57. The van der Waals surface area contributed by atoms with Crippen LogP contribution in [0.1, 0.15) is 62.3 Å². The van der Waals surface area contributed by atoms with E-state index in [1.54, 1.807) is 73.1 Å². The molecule has 0 spiro atoms. The van der Waals surface area contributed by atoms with Crippen molar-refractivity contribution in [2.45, 2.75) is 66.0 Å². The number of anilines is 2. The molecule has 2 aromatic carbocycles. The van der Waals surface area contributed by atoms with Crippen LogP contribution in [0, 0.1) is 0 Å². The standard InChI is InChI=1S/C40H38Br2N2O14S2/c1-7-53-39(51)29-27(23-9-13-25(41)14-10-23)17-59-37(29)43-35(49)33(57-21(5)47)31(55-19(3)45)32(56-20(4)46)34(58-22(6)48)36(50)44-38-30(40(52)54-8-2)28(18-60-38)24-11-15-26(42)16-12-24/h9-18,31-34H,7-8H2,1-6H3,(H,43,49)(H,44,50). The van der Waals surface area contributed by atoms with Crippen molar-refractivity contribution in [2.75, 3.05) is 23.8 Å². The lowest BCUT2D eigenvalue weighted by molar-refractivity contribution is -0.198. The third-order valence-corrected chi connectivity index (χ3v) is 10.8. The highest BCUT2D eigenvalue weighted by molar-refractivity contribution is 9.10. The van der Waals surface area contributed by atoms with Gasteiger partial charge in [0.15, 0.2) is 12.2 Å². The fourth-order valence-electron chi connectivity index (χ4n) is 5.64. The molecule has 0 radical (unpaired) electrons. The molecule has 318 valence electrons. The molecule has 2 heterocycles. The Hall–Kier alpha value is -5.44. The number of carbonyl (C=O) groups excluding carboxylic acids is 8. The summed E-state index contributed by atoms with van der Waals surface area (Å²) >= 11 is 8.57. The SMILES string of the molecule is CCOC(=O)c1c(-c2ccc(Br)cc2)csc1NC(=O)C(OC(C)=O)C(OC(C)=O)C(OC(C)=O)C(OC(C)=O)C(=O)Nc1scc(-c2ccc(Br)cc2)c1C(=O)OCC. The minimum Gasteiger partial charge on any atom is -0.462 e. The predicted molar refractivity (Wildman–Crippen MR) is 226 cm³/mol. The maximum absolute atomic E-state index is 14.3. The maximum atomic E-state index is 14.3. The Kier molecular flexibility index (Phi) is 17.1. The maximum Gasteiger partial charge on any atom is 0.341 e. The molecule has 2 N–H and O–H groups in total. The minimum atomic E-state index is -2.23. The van der Waals surface area contributed by atoms with E-state index in [0.717, 1.165) is 59.3 Å². The van der Waals surface area contributed by atoms with Crippen molar-refractivity contribution in [3.8, 4) is 22.3 Å². The number of hydrogen-bond acceptors (Lipinski definition) is 16. The molecule has 4 rings (SSSR count). The number of amides is 2. The molecule has 0 aliphatic heterocycles. The summed E-state index contributed by atoms with van der Waals surface area (Å²) in [6.07, 6.45) is -8.83. The number of esters is 6. The topological polar surface area (TPSA) is 216 Å². The van der Waals surface area contributed by atoms with E-state index in [1.165, 1.54) is 0 Å². The Morgan fingerprint density at radius 3 is 1.13 bits per heavy atom. The average molecular weight is 995 g/mol. The molecule has 0 aliphatic carbocycles. The molecule has 0 aliphatic rings. The normalized spacial score (nSPS) is 12.7. The first-order valence-electron chi connectivity index (χ1n) is 17.8. The quantitative estimate of drug-likeness (QED) is 0.0783. The van der Waals surface area contributed by atoms with E-state index >= 15 is 0 Å². The number of carbonyl (C=O) groups is 8. The molecule has 0 saturated heterocycles. The molecule has 4 atom stereocenters. The first kappa shape index (κ1) is 47.2. The van der Waals surface area contributed by atoms with Crippen molar-refractivity contribution < 1.29 is 66.8 Å². The van der Waals surface area contributed by atoms with Gasteiger partial charge in [-0.1, -0.05) is 56.1 Å². The second kappa shape index (κ2) is 21.7. The highest BCUT2D eigenvalue weighted by atomic mass is 79.9. The van der Waals surface area contributed by atoms with Crippen LogP contribution in [0.15, 0.2) is 68.2 Å². The monoisotopic (exact) mass is 992 g/mol. The summed E-state index contributed by atoms with van der Waals surface area (Å²) in [5.74, 6) is -8.44. The average Bonchev–Trinajstić information content (AvgIpc) is 3.79. The fourth-order valence-corrected chi connectivity index (χ4v) is 8.09. The van der Waals surface area contributed by atoms with Crippen LogP contribution < -0.4 is 10.6 Å². The Balaban J connectivity index is 1.83. The Labute approximate surface area is 368 Å². The second-order valence-electron chi connectivity index (χ2n) is 12.3. The van der Waals surface area contributed by atoms with Crippen molar-refractivity contribution in [2.24, 2.45) is 0 Å². The van der Waals surface area contributed by atoms with Gasteiger partial charge in [0.25, 0.3) is 11.8 Å². The molecule has 16 nitrogen and oxygen atoms in total. The first-order valence-corrected chi connectivity index (χ1v) is 21.2. The summed E-state index contributed by atoms with van der Waals surface area (Å²) in [4.78, 5) is 106. The van der Waals surface area contributed by atoms with Gasteiger partial charge in [0, 0.05) is 58.5 Å². The van der Waals surface area contributed by atoms with Crippen LogP contribution >= 0.6 is 54.5 Å². The van der Waals surface area contributed by atoms with Gasteiger partial charge in [-0.2, -0.15) is 0 Å². The lowest BCUT2D eigenvalue weighted by Gasteiger charge is -2.34. The molecule has 4 aromatic rings. The summed E-state index contributed by atoms with van der Waals surface area (Å²) in [6, 6.07) is 13.8. The van der Waals surface area contributed by atoms with Gasteiger partial charge in [0.1, 0.15) is 21.1 Å². The number of nitrogens with one attached hydrogen (secondary N) is 2. The minimum absolute atomic E-state index is 0.0194. The van der Waals surface area contributed by atoms with Gasteiger partial charge >= 0.3 is 35.8 Å². The van der Waals surface area contributed by atoms with Crippen molar-refractivity contribution >= 4 is 112 Å². The molecule has 60 heavy (non-hydrogen) atoms. The zero-order valence-corrected chi connectivity index (χ0v) is 37.6. The number of thiophene rings is 2. The molecular weight excluding hydrogens is 956 g/mol. The van der Waals surface area contributed by atoms with E-state index in [0.29, 0.717) is 22.3 Å². The molecule has 2 aromatic heterocycles. The van der Waals surface area contributed by atoms with E-state index in [4.69, 9.17) is 28.4 Å². The van der Waals surface area contributed by atoms with Crippen molar-refractivity contribution in [1.29, 1.82) is 0 Å². The van der Waals surface area contributed by atoms with Crippen LogP contribution in [0.25, 0.3) is 22.3 Å². The smallest absolute Gasteiger partial charge is 0.341 e. The Bertz CT molecular complexity index is 2100. The summed E-state index contributed by atoms with van der Waals surface area (Å²) in [5, 5.41) is 8.06. The summed E-state index contributed by atoms with van der Waals surface area (Å²) in [7, 11) is 0. The lowest BCUT2D eigenvalue weighted by atomic mass is 9.99. The number of ether oxygens (including phenoxy) is 6.